The molecule has 1 aliphatic heterocycles. The SMILES string of the molecule is CCC(C)C(=O)CN1CCC(Cc2ccccc2)CC1. The predicted molar refractivity (Wildman–Crippen MR) is 83.8 cm³/mol. The summed E-state index contributed by atoms with van der Waals surface area (Å²) in [5.41, 5.74) is 1.45. The molecule has 0 amide bonds. The number of piperidine rings is 1. The highest BCUT2D eigenvalue weighted by molar-refractivity contribution is 5.82. The lowest BCUT2D eigenvalue weighted by Crippen LogP contribution is -2.39. The van der Waals surface area contributed by atoms with E-state index in [9.17, 15) is 4.79 Å². The second kappa shape index (κ2) is 7.58. The van der Waals surface area contributed by atoms with Crippen molar-refractivity contribution in [2.45, 2.75) is 39.5 Å². The minimum Gasteiger partial charge on any atom is -0.298 e. The Bertz CT molecular complexity index is 407. The van der Waals surface area contributed by atoms with Crippen LogP contribution >= 0.6 is 0 Å². The Hall–Kier alpha value is -1.15. The van der Waals surface area contributed by atoms with Crippen LogP contribution in [0.4, 0.5) is 0 Å². The molecule has 20 heavy (non-hydrogen) atoms. The zero-order chi connectivity index (χ0) is 14.4. The molecule has 1 heterocycles. The largest absolute Gasteiger partial charge is 0.298 e. The van der Waals surface area contributed by atoms with Crippen molar-refractivity contribution in [3.05, 3.63) is 35.9 Å². The van der Waals surface area contributed by atoms with E-state index in [-0.39, 0.29) is 5.92 Å². The van der Waals surface area contributed by atoms with Crippen LogP contribution in [0.3, 0.4) is 0 Å². The molecule has 1 aromatic carbocycles. The van der Waals surface area contributed by atoms with Crippen molar-refractivity contribution >= 4 is 5.78 Å². The van der Waals surface area contributed by atoms with Gasteiger partial charge in [0.05, 0.1) is 6.54 Å². The van der Waals surface area contributed by atoms with Gasteiger partial charge in [0, 0.05) is 5.92 Å². The molecule has 1 aliphatic rings. The number of Topliss-reactive ketones (excluding diaryl/α,β-unsaturated/α-hetero) is 1. The van der Waals surface area contributed by atoms with Gasteiger partial charge < -0.3 is 0 Å². The number of hydrogen-bond acceptors (Lipinski definition) is 2. The van der Waals surface area contributed by atoms with E-state index in [1.807, 2.05) is 6.92 Å². The smallest absolute Gasteiger partial charge is 0.149 e. The minimum absolute atomic E-state index is 0.219. The first-order chi connectivity index (χ1) is 9.69. The Morgan fingerprint density at radius 2 is 1.90 bits per heavy atom. The third kappa shape index (κ3) is 4.45. The van der Waals surface area contributed by atoms with E-state index in [0.717, 1.165) is 25.4 Å². The van der Waals surface area contributed by atoms with Gasteiger partial charge in [0.1, 0.15) is 5.78 Å². The van der Waals surface area contributed by atoms with E-state index >= 15 is 0 Å². The quantitative estimate of drug-likeness (QED) is 0.790. The van der Waals surface area contributed by atoms with Crippen LogP contribution in [0.15, 0.2) is 30.3 Å². The van der Waals surface area contributed by atoms with Gasteiger partial charge in [0.2, 0.25) is 0 Å². The topological polar surface area (TPSA) is 20.3 Å². The zero-order valence-corrected chi connectivity index (χ0v) is 12.8. The van der Waals surface area contributed by atoms with Crippen LogP contribution in [-0.2, 0) is 11.2 Å². The summed E-state index contributed by atoms with van der Waals surface area (Å²) < 4.78 is 0. The van der Waals surface area contributed by atoms with Gasteiger partial charge in [-0.2, -0.15) is 0 Å². The molecule has 0 bridgehead atoms. The van der Waals surface area contributed by atoms with Crippen molar-refractivity contribution in [3.8, 4) is 0 Å². The van der Waals surface area contributed by atoms with Gasteiger partial charge in [-0.15, -0.1) is 0 Å². The fourth-order valence-corrected chi connectivity index (χ4v) is 2.90. The van der Waals surface area contributed by atoms with E-state index in [2.05, 4.69) is 42.2 Å². The van der Waals surface area contributed by atoms with Gasteiger partial charge >= 0.3 is 0 Å². The Labute approximate surface area is 123 Å². The number of likely N-dealkylation sites (tertiary alicyclic amines) is 1. The molecular weight excluding hydrogens is 246 g/mol. The summed E-state index contributed by atoms with van der Waals surface area (Å²) in [6.45, 7) is 6.96. The molecule has 1 aromatic rings. The van der Waals surface area contributed by atoms with Crippen molar-refractivity contribution in [2.75, 3.05) is 19.6 Å². The van der Waals surface area contributed by atoms with Crippen LogP contribution < -0.4 is 0 Å². The van der Waals surface area contributed by atoms with Crippen LogP contribution in [0, 0.1) is 11.8 Å². The molecule has 1 atom stereocenters. The molecule has 1 unspecified atom stereocenters. The molecule has 0 aliphatic carbocycles. The highest BCUT2D eigenvalue weighted by Gasteiger charge is 2.22. The maximum absolute atomic E-state index is 12.0. The van der Waals surface area contributed by atoms with Gasteiger partial charge in [-0.25, -0.2) is 0 Å². The number of hydrogen-bond donors (Lipinski definition) is 0. The predicted octanol–water partition coefficient (Wildman–Crippen LogP) is 3.56. The van der Waals surface area contributed by atoms with Gasteiger partial charge in [-0.1, -0.05) is 44.2 Å². The first-order valence-electron chi connectivity index (χ1n) is 7.98. The van der Waals surface area contributed by atoms with E-state index in [4.69, 9.17) is 0 Å². The highest BCUT2D eigenvalue weighted by atomic mass is 16.1. The third-order valence-corrected chi connectivity index (χ3v) is 4.62. The number of ketones is 1. The summed E-state index contributed by atoms with van der Waals surface area (Å²) >= 11 is 0. The number of carbonyl (C=O) groups is 1. The molecule has 0 spiro atoms. The second-order valence-electron chi connectivity index (χ2n) is 6.18. The maximum atomic E-state index is 12.0. The Balaban J connectivity index is 1.74. The van der Waals surface area contributed by atoms with Crippen LogP contribution in [0.2, 0.25) is 0 Å². The molecule has 0 aromatic heterocycles. The van der Waals surface area contributed by atoms with Crippen LogP contribution in [0.5, 0.6) is 0 Å². The Morgan fingerprint density at radius 3 is 2.50 bits per heavy atom. The molecule has 2 rings (SSSR count). The third-order valence-electron chi connectivity index (χ3n) is 4.62. The lowest BCUT2D eigenvalue weighted by atomic mass is 9.90. The monoisotopic (exact) mass is 273 g/mol. The lowest BCUT2D eigenvalue weighted by molar-refractivity contribution is -0.123. The summed E-state index contributed by atoms with van der Waals surface area (Å²) in [4.78, 5) is 14.3. The first kappa shape index (κ1) is 15.2. The van der Waals surface area contributed by atoms with Crippen molar-refractivity contribution in [1.82, 2.24) is 4.90 Å². The first-order valence-corrected chi connectivity index (χ1v) is 7.98. The van der Waals surface area contributed by atoms with E-state index < -0.39 is 0 Å². The van der Waals surface area contributed by atoms with Gasteiger partial charge in [0.15, 0.2) is 0 Å². The maximum Gasteiger partial charge on any atom is 0.149 e. The van der Waals surface area contributed by atoms with Crippen LogP contribution in [-0.4, -0.2) is 30.3 Å². The summed E-state index contributed by atoms with van der Waals surface area (Å²) in [5, 5.41) is 0. The molecule has 0 saturated carbocycles. The number of nitrogens with zero attached hydrogens (tertiary/aromatic N) is 1. The average Bonchev–Trinajstić information content (AvgIpc) is 2.49. The fraction of sp³-hybridized carbons (Fsp3) is 0.611. The van der Waals surface area contributed by atoms with E-state index in [1.165, 1.54) is 24.8 Å². The zero-order valence-electron chi connectivity index (χ0n) is 12.8. The number of rotatable bonds is 6. The van der Waals surface area contributed by atoms with Crippen LogP contribution in [0.1, 0.15) is 38.7 Å². The molecule has 1 saturated heterocycles. The second-order valence-corrected chi connectivity index (χ2v) is 6.18. The molecule has 2 heteroatoms. The molecule has 110 valence electrons. The molecular formula is C18H27NO. The average molecular weight is 273 g/mol. The number of carbonyl (C=O) groups excluding carboxylic acids is 1. The molecule has 1 fully saturated rings. The standard InChI is InChI=1S/C18H27NO/c1-3-15(2)18(20)14-19-11-9-17(10-12-19)13-16-7-5-4-6-8-16/h4-8,15,17H,3,9-14H2,1-2H3. The van der Waals surface area contributed by atoms with Crippen LogP contribution in [0.25, 0.3) is 0 Å². The lowest BCUT2D eigenvalue weighted by Gasteiger charge is -2.32. The van der Waals surface area contributed by atoms with Crippen molar-refractivity contribution in [1.29, 1.82) is 0 Å². The van der Waals surface area contributed by atoms with E-state index in [1.54, 1.807) is 0 Å². The van der Waals surface area contributed by atoms with Gasteiger partial charge in [-0.05, 0) is 50.3 Å². The minimum atomic E-state index is 0.219. The highest BCUT2D eigenvalue weighted by Crippen LogP contribution is 2.21. The summed E-state index contributed by atoms with van der Waals surface area (Å²) in [6, 6.07) is 10.8. The summed E-state index contributed by atoms with van der Waals surface area (Å²) in [7, 11) is 0. The summed E-state index contributed by atoms with van der Waals surface area (Å²) in [5.74, 6) is 1.42. The fourth-order valence-electron chi connectivity index (χ4n) is 2.90. The van der Waals surface area contributed by atoms with E-state index in [0.29, 0.717) is 12.3 Å². The normalized spacial score (nSPS) is 18.9. The van der Waals surface area contributed by atoms with Crippen molar-refractivity contribution < 1.29 is 4.79 Å². The molecule has 0 N–H and O–H groups in total. The molecule has 0 radical (unpaired) electrons. The van der Waals surface area contributed by atoms with Crippen molar-refractivity contribution in [2.24, 2.45) is 11.8 Å². The Kier molecular flexibility index (Phi) is 5.78. The number of benzene rings is 1. The van der Waals surface area contributed by atoms with Gasteiger partial charge in [0.25, 0.3) is 0 Å². The molecule has 2 nitrogen and oxygen atoms in total. The Morgan fingerprint density at radius 1 is 1.25 bits per heavy atom. The van der Waals surface area contributed by atoms with Gasteiger partial charge in [-0.3, -0.25) is 9.69 Å². The summed E-state index contributed by atoms with van der Waals surface area (Å²) in [6.07, 6.45) is 4.60. The van der Waals surface area contributed by atoms with Crippen molar-refractivity contribution in [3.63, 3.8) is 0 Å².